The van der Waals surface area contributed by atoms with Crippen LogP contribution < -0.4 is 0 Å². The van der Waals surface area contributed by atoms with E-state index in [9.17, 15) is 5.11 Å². The zero-order valence-electron chi connectivity index (χ0n) is 11.1. The maximum Gasteiger partial charge on any atom is 0.0900 e. The molecule has 0 aromatic rings. The predicted molar refractivity (Wildman–Crippen MR) is 65.2 cm³/mol. The van der Waals surface area contributed by atoms with E-state index in [-0.39, 0.29) is 5.60 Å². The lowest BCUT2D eigenvalue weighted by atomic mass is 10.1. The van der Waals surface area contributed by atoms with Crippen LogP contribution in [0.25, 0.3) is 0 Å². The van der Waals surface area contributed by atoms with Gasteiger partial charge in [-0.2, -0.15) is 0 Å². The van der Waals surface area contributed by atoms with Crippen molar-refractivity contribution < 1.29 is 19.3 Å². The van der Waals surface area contributed by atoms with E-state index in [1.54, 1.807) is 7.11 Å². The van der Waals surface area contributed by atoms with Crippen molar-refractivity contribution in [3.63, 3.8) is 0 Å². The normalized spacial score (nSPS) is 22.6. The summed E-state index contributed by atoms with van der Waals surface area (Å²) in [5.41, 5.74) is -0.116. The van der Waals surface area contributed by atoms with Crippen molar-refractivity contribution in [1.29, 1.82) is 0 Å². The summed E-state index contributed by atoms with van der Waals surface area (Å²) in [6, 6.07) is 0. The second-order valence-electron chi connectivity index (χ2n) is 5.06. The minimum absolute atomic E-state index is 0.116. The number of aliphatic hydroxyl groups is 1. The van der Waals surface area contributed by atoms with Crippen LogP contribution in [0.2, 0.25) is 0 Å². The van der Waals surface area contributed by atoms with Gasteiger partial charge in [-0.25, -0.2) is 0 Å². The molecule has 1 aliphatic rings. The first-order valence-corrected chi connectivity index (χ1v) is 6.14. The second-order valence-corrected chi connectivity index (χ2v) is 5.06. The molecular formula is C12H25NO4. The zero-order valence-corrected chi connectivity index (χ0v) is 11.1. The first-order valence-electron chi connectivity index (χ1n) is 6.14. The molecule has 5 heteroatoms. The second kappa shape index (κ2) is 7.28. The standard InChI is InChI=1S/C12H25NO4/c1-12(2)10-13(4-5-17-12)8-11(14)9-16-7-6-15-3/h11,14H,4-10H2,1-3H3. The zero-order chi connectivity index (χ0) is 12.7. The number of ether oxygens (including phenoxy) is 3. The van der Waals surface area contributed by atoms with Crippen LogP contribution in [0.15, 0.2) is 0 Å². The Kier molecular flexibility index (Phi) is 6.37. The average molecular weight is 247 g/mol. The van der Waals surface area contributed by atoms with Crippen LogP contribution in [0.5, 0.6) is 0 Å². The molecule has 0 amide bonds. The Morgan fingerprint density at radius 1 is 1.41 bits per heavy atom. The Balaban J connectivity index is 2.15. The lowest BCUT2D eigenvalue weighted by molar-refractivity contribution is -0.0977. The van der Waals surface area contributed by atoms with E-state index in [4.69, 9.17) is 14.2 Å². The van der Waals surface area contributed by atoms with E-state index in [1.165, 1.54) is 0 Å². The molecule has 0 aromatic heterocycles. The maximum absolute atomic E-state index is 9.82. The molecule has 1 heterocycles. The molecule has 1 N–H and O–H groups in total. The van der Waals surface area contributed by atoms with Crippen molar-refractivity contribution in [1.82, 2.24) is 4.90 Å². The Hall–Kier alpha value is -0.200. The van der Waals surface area contributed by atoms with Gasteiger partial charge in [0.1, 0.15) is 0 Å². The van der Waals surface area contributed by atoms with Gasteiger partial charge in [-0.15, -0.1) is 0 Å². The fourth-order valence-electron chi connectivity index (χ4n) is 1.98. The van der Waals surface area contributed by atoms with E-state index >= 15 is 0 Å². The third-order valence-corrected chi connectivity index (χ3v) is 2.72. The molecule has 0 bridgehead atoms. The summed E-state index contributed by atoms with van der Waals surface area (Å²) < 4.78 is 15.8. The molecule has 0 aliphatic carbocycles. The van der Waals surface area contributed by atoms with Crippen LogP contribution in [-0.4, -0.2) is 74.9 Å². The number of β-amino-alcohol motifs (C(OH)–C–C–N with tert-alkyl or cyclic N) is 1. The third-order valence-electron chi connectivity index (χ3n) is 2.72. The van der Waals surface area contributed by atoms with Gasteiger partial charge >= 0.3 is 0 Å². The third kappa shape index (κ3) is 6.33. The summed E-state index contributed by atoms with van der Waals surface area (Å²) in [5.74, 6) is 0. The minimum atomic E-state index is -0.444. The molecule has 0 radical (unpaired) electrons. The summed E-state index contributed by atoms with van der Waals surface area (Å²) in [5, 5.41) is 9.82. The highest BCUT2D eigenvalue weighted by molar-refractivity contribution is 4.80. The van der Waals surface area contributed by atoms with Gasteiger partial charge in [0, 0.05) is 26.7 Å². The van der Waals surface area contributed by atoms with Gasteiger partial charge in [0.25, 0.3) is 0 Å². The number of hydrogen-bond acceptors (Lipinski definition) is 5. The maximum atomic E-state index is 9.82. The van der Waals surface area contributed by atoms with Gasteiger partial charge in [0.05, 0.1) is 38.1 Å². The van der Waals surface area contributed by atoms with E-state index < -0.39 is 6.10 Å². The number of nitrogens with zero attached hydrogens (tertiary/aromatic N) is 1. The SMILES string of the molecule is COCCOCC(O)CN1CCOC(C)(C)C1. The molecule has 1 rings (SSSR count). The number of aliphatic hydroxyl groups excluding tert-OH is 1. The van der Waals surface area contributed by atoms with Gasteiger partial charge < -0.3 is 19.3 Å². The van der Waals surface area contributed by atoms with Crippen LogP contribution in [0.3, 0.4) is 0 Å². The van der Waals surface area contributed by atoms with E-state index in [0.717, 1.165) is 19.7 Å². The molecule has 17 heavy (non-hydrogen) atoms. The lowest BCUT2D eigenvalue weighted by Gasteiger charge is -2.38. The van der Waals surface area contributed by atoms with Crippen LogP contribution in [0, 0.1) is 0 Å². The molecule has 1 saturated heterocycles. The highest BCUT2D eigenvalue weighted by Crippen LogP contribution is 2.16. The van der Waals surface area contributed by atoms with Crippen LogP contribution in [-0.2, 0) is 14.2 Å². The molecule has 102 valence electrons. The van der Waals surface area contributed by atoms with Crippen LogP contribution in [0.4, 0.5) is 0 Å². The molecular weight excluding hydrogens is 222 g/mol. The van der Waals surface area contributed by atoms with Crippen molar-refractivity contribution in [2.45, 2.75) is 25.6 Å². The fourth-order valence-corrected chi connectivity index (χ4v) is 1.98. The molecule has 0 spiro atoms. The number of morpholine rings is 1. The van der Waals surface area contributed by atoms with Gasteiger partial charge in [0.2, 0.25) is 0 Å². The molecule has 0 saturated carbocycles. The van der Waals surface area contributed by atoms with Gasteiger partial charge in [-0.1, -0.05) is 0 Å². The van der Waals surface area contributed by atoms with E-state index in [2.05, 4.69) is 18.7 Å². The first-order chi connectivity index (χ1) is 8.03. The summed E-state index contributed by atoms with van der Waals surface area (Å²) in [4.78, 5) is 2.22. The van der Waals surface area contributed by atoms with E-state index in [0.29, 0.717) is 26.4 Å². The van der Waals surface area contributed by atoms with Crippen molar-refractivity contribution >= 4 is 0 Å². The molecule has 1 fully saturated rings. The largest absolute Gasteiger partial charge is 0.389 e. The number of rotatable bonds is 7. The average Bonchev–Trinajstić information content (AvgIpc) is 2.23. The summed E-state index contributed by atoms with van der Waals surface area (Å²) in [6.45, 7) is 8.69. The summed E-state index contributed by atoms with van der Waals surface area (Å²) in [7, 11) is 1.63. The monoisotopic (exact) mass is 247 g/mol. The summed E-state index contributed by atoms with van der Waals surface area (Å²) >= 11 is 0. The number of hydrogen-bond donors (Lipinski definition) is 1. The Labute approximate surface area is 104 Å². The van der Waals surface area contributed by atoms with Crippen molar-refractivity contribution in [2.75, 3.05) is 53.2 Å². The molecule has 1 unspecified atom stereocenters. The molecule has 1 aliphatic heterocycles. The van der Waals surface area contributed by atoms with Crippen molar-refractivity contribution in [2.24, 2.45) is 0 Å². The van der Waals surface area contributed by atoms with Gasteiger partial charge in [-0.3, -0.25) is 4.90 Å². The lowest BCUT2D eigenvalue weighted by Crippen LogP contribution is -2.50. The Morgan fingerprint density at radius 2 is 2.18 bits per heavy atom. The topological polar surface area (TPSA) is 51.2 Å². The van der Waals surface area contributed by atoms with Gasteiger partial charge in [-0.05, 0) is 13.8 Å². The smallest absolute Gasteiger partial charge is 0.0900 e. The summed E-state index contributed by atoms with van der Waals surface area (Å²) in [6.07, 6.45) is -0.444. The van der Waals surface area contributed by atoms with Gasteiger partial charge in [0.15, 0.2) is 0 Å². The highest BCUT2D eigenvalue weighted by Gasteiger charge is 2.27. The number of methoxy groups -OCH3 is 1. The quantitative estimate of drug-likeness (QED) is 0.648. The fraction of sp³-hybridized carbons (Fsp3) is 1.00. The first kappa shape index (κ1) is 14.9. The van der Waals surface area contributed by atoms with Crippen molar-refractivity contribution in [3.05, 3.63) is 0 Å². The Morgan fingerprint density at radius 3 is 2.82 bits per heavy atom. The van der Waals surface area contributed by atoms with Crippen molar-refractivity contribution in [3.8, 4) is 0 Å². The molecule has 0 aromatic carbocycles. The van der Waals surface area contributed by atoms with E-state index in [1.807, 2.05) is 0 Å². The molecule has 1 atom stereocenters. The predicted octanol–water partition coefficient (Wildman–Crippen LogP) is 0.121. The van der Waals surface area contributed by atoms with Crippen LogP contribution >= 0.6 is 0 Å². The Bertz CT molecular complexity index is 211. The minimum Gasteiger partial charge on any atom is -0.389 e. The van der Waals surface area contributed by atoms with Crippen LogP contribution in [0.1, 0.15) is 13.8 Å². The molecule has 5 nitrogen and oxygen atoms in total. The highest BCUT2D eigenvalue weighted by atomic mass is 16.5.